The number of halogens is 1. The van der Waals surface area contributed by atoms with E-state index in [2.05, 4.69) is 24.9 Å². The Morgan fingerprint density at radius 1 is 0.960 bits per heavy atom. The van der Waals surface area contributed by atoms with E-state index in [1.165, 1.54) is 6.07 Å². The summed E-state index contributed by atoms with van der Waals surface area (Å²) in [5.41, 5.74) is 1.75. The van der Waals surface area contributed by atoms with Gasteiger partial charge in [-0.15, -0.1) is 0 Å². The van der Waals surface area contributed by atoms with Gasteiger partial charge in [-0.1, -0.05) is 12.1 Å². The highest BCUT2D eigenvalue weighted by atomic mass is 19.1. The second-order valence-corrected chi connectivity index (χ2v) is 6.12. The minimum atomic E-state index is -0.172. The van der Waals surface area contributed by atoms with Gasteiger partial charge in [-0.25, -0.2) is 19.0 Å². The van der Waals surface area contributed by atoms with Crippen LogP contribution in [0.3, 0.4) is 0 Å². The third-order valence-corrected chi connectivity index (χ3v) is 4.38. The lowest BCUT2D eigenvalue weighted by Gasteiger charge is -2.36. The first-order valence-electron chi connectivity index (χ1n) is 8.29. The molecule has 0 amide bonds. The number of anilines is 2. The van der Waals surface area contributed by atoms with Crippen molar-refractivity contribution in [3.63, 3.8) is 0 Å². The number of rotatable bonds is 3. The van der Waals surface area contributed by atoms with E-state index in [9.17, 15) is 4.39 Å². The molecule has 2 aromatic heterocycles. The van der Waals surface area contributed by atoms with Gasteiger partial charge in [0, 0.05) is 38.4 Å². The van der Waals surface area contributed by atoms with Crippen molar-refractivity contribution in [1.82, 2.24) is 19.7 Å². The molecule has 0 N–H and O–H groups in total. The molecular formula is C18H19FN6. The van der Waals surface area contributed by atoms with Crippen molar-refractivity contribution >= 4 is 11.5 Å². The maximum Gasteiger partial charge on any atom is 0.158 e. The summed E-state index contributed by atoms with van der Waals surface area (Å²) < 4.78 is 15.7. The standard InChI is InChI=1S/C18H19FN6/c1-14-11-22-25(12-14)18-10-17(20-13-21-18)24-8-6-23(7-9-24)16-5-3-2-4-15(16)19/h2-5,10-13H,6-9H2,1H3. The number of hydrogen-bond acceptors (Lipinski definition) is 5. The second-order valence-electron chi connectivity index (χ2n) is 6.12. The summed E-state index contributed by atoms with van der Waals surface area (Å²) >= 11 is 0. The fraction of sp³-hybridized carbons (Fsp3) is 0.278. The van der Waals surface area contributed by atoms with Gasteiger partial charge < -0.3 is 9.80 Å². The van der Waals surface area contributed by atoms with Crippen molar-refractivity contribution in [2.75, 3.05) is 36.0 Å². The fourth-order valence-corrected chi connectivity index (χ4v) is 3.06. The summed E-state index contributed by atoms with van der Waals surface area (Å²) in [5.74, 6) is 1.44. The molecule has 0 unspecified atom stereocenters. The Morgan fingerprint density at radius 2 is 1.68 bits per heavy atom. The summed E-state index contributed by atoms with van der Waals surface area (Å²) in [5, 5.41) is 4.29. The van der Waals surface area contributed by atoms with Crippen LogP contribution in [0.2, 0.25) is 0 Å². The molecule has 0 saturated carbocycles. The van der Waals surface area contributed by atoms with Crippen molar-refractivity contribution in [2.24, 2.45) is 0 Å². The zero-order valence-corrected chi connectivity index (χ0v) is 14.0. The average Bonchev–Trinajstić information content (AvgIpc) is 3.09. The number of hydrogen-bond donors (Lipinski definition) is 0. The van der Waals surface area contributed by atoms with Crippen molar-refractivity contribution in [1.29, 1.82) is 0 Å². The monoisotopic (exact) mass is 338 g/mol. The van der Waals surface area contributed by atoms with E-state index >= 15 is 0 Å². The molecule has 1 saturated heterocycles. The van der Waals surface area contributed by atoms with Crippen LogP contribution in [0.5, 0.6) is 0 Å². The predicted octanol–water partition coefficient (Wildman–Crippen LogP) is 2.44. The molecule has 0 atom stereocenters. The van der Waals surface area contributed by atoms with Crippen molar-refractivity contribution in [2.45, 2.75) is 6.92 Å². The highest BCUT2D eigenvalue weighted by Crippen LogP contribution is 2.22. The quantitative estimate of drug-likeness (QED) is 0.734. The molecule has 0 radical (unpaired) electrons. The van der Waals surface area contributed by atoms with Crippen LogP contribution >= 0.6 is 0 Å². The lowest BCUT2D eigenvalue weighted by atomic mass is 10.2. The van der Waals surface area contributed by atoms with Gasteiger partial charge >= 0.3 is 0 Å². The van der Waals surface area contributed by atoms with E-state index in [0.29, 0.717) is 5.69 Å². The van der Waals surface area contributed by atoms with E-state index in [4.69, 9.17) is 0 Å². The molecule has 6 nitrogen and oxygen atoms in total. The largest absolute Gasteiger partial charge is 0.366 e. The van der Waals surface area contributed by atoms with Gasteiger partial charge in [-0.2, -0.15) is 5.10 Å². The molecule has 4 rings (SSSR count). The zero-order valence-electron chi connectivity index (χ0n) is 14.0. The lowest BCUT2D eigenvalue weighted by molar-refractivity contribution is 0.596. The Bertz CT molecular complexity index is 869. The molecule has 0 spiro atoms. The Labute approximate surface area is 145 Å². The average molecular weight is 338 g/mol. The second kappa shape index (κ2) is 6.51. The number of piperazine rings is 1. The first-order chi connectivity index (χ1) is 12.2. The molecule has 3 aromatic rings. The molecule has 7 heteroatoms. The molecule has 1 aliphatic heterocycles. The topological polar surface area (TPSA) is 50.1 Å². The molecule has 128 valence electrons. The Hall–Kier alpha value is -2.96. The number of nitrogens with zero attached hydrogens (tertiary/aromatic N) is 6. The minimum Gasteiger partial charge on any atom is -0.366 e. The predicted molar refractivity (Wildman–Crippen MR) is 94.7 cm³/mol. The summed E-state index contributed by atoms with van der Waals surface area (Å²) in [7, 11) is 0. The Kier molecular flexibility index (Phi) is 4.05. The van der Waals surface area contributed by atoms with Crippen molar-refractivity contribution in [3.8, 4) is 5.82 Å². The van der Waals surface area contributed by atoms with Gasteiger partial charge in [-0.05, 0) is 24.6 Å². The lowest BCUT2D eigenvalue weighted by Crippen LogP contribution is -2.47. The Morgan fingerprint density at radius 3 is 2.40 bits per heavy atom. The normalized spacial score (nSPS) is 14.8. The molecule has 0 bridgehead atoms. The highest BCUT2D eigenvalue weighted by Gasteiger charge is 2.20. The van der Waals surface area contributed by atoms with Crippen molar-refractivity contribution in [3.05, 3.63) is 60.4 Å². The van der Waals surface area contributed by atoms with Crippen LogP contribution < -0.4 is 9.80 Å². The van der Waals surface area contributed by atoms with Gasteiger partial charge in [0.25, 0.3) is 0 Å². The van der Waals surface area contributed by atoms with E-state index < -0.39 is 0 Å². The Balaban J connectivity index is 1.49. The van der Waals surface area contributed by atoms with Crippen LogP contribution in [0.25, 0.3) is 5.82 Å². The smallest absolute Gasteiger partial charge is 0.158 e. The summed E-state index contributed by atoms with van der Waals surface area (Å²) in [6.07, 6.45) is 5.29. The molecule has 1 aliphatic rings. The molecular weight excluding hydrogens is 319 g/mol. The van der Waals surface area contributed by atoms with Gasteiger partial charge in [-0.3, -0.25) is 0 Å². The summed E-state index contributed by atoms with van der Waals surface area (Å²) in [6.45, 7) is 5.06. The zero-order chi connectivity index (χ0) is 17.2. The molecule has 1 aromatic carbocycles. The fourth-order valence-electron chi connectivity index (χ4n) is 3.06. The van der Waals surface area contributed by atoms with Crippen LogP contribution in [0.1, 0.15) is 5.56 Å². The van der Waals surface area contributed by atoms with Crippen LogP contribution in [0.4, 0.5) is 15.9 Å². The van der Waals surface area contributed by atoms with Crippen LogP contribution in [-0.2, 0) is 0 Å². The molecule has 3 heterocycles. The van der Waals surface area contributed by atoms with E-state index in [0.717, 1.165) is 43.4 Å². The number of benzene rings is 1. The van der Waals surface area contributed by atoms with Gasteiger partial charge in [0.15, 0.2) is 5.82 Å². The number of aryl methyl sites for hydroxylation is 1. The van der Waals surface area contributed by atoms with Crippen molar-refractivity contribution < 1.29 is 4.39 Å². The number of aromatic nitrogens is 4. The first-order valence-corrected chi connectivity index (χ1v) is 8.29. The third-order valence-electron chi connectivity index (χ3n) is 4.38. The number of para-hydroxylation sites is 1. The van der Waals surface area contributed by atoms with E-state index in [-0.39, 0.29) is 5.82 Å². The van der Waals surface area contributed by atoms with E-state index in [1.807, 2.05) is 31.3 Å². The maximum atomic E-state index is 14.0. The molecule has 25 heavy (non-hydrogen) atoms. The van der Waals surface area contributed by atoms with Crippen LogP contribution in [0, 0.1) is 12.7 Å². The highest BCUT2D eigenvalue weighted by molar-refractivity contribution is 5.51. The SMILES string of the molecule is Cc1cnn(-c2cc(N3CCN(c4ccccc4F)CC3)ncn2)c1. The first kappa shape index (κ1) is 15.6. The molecule has 0 aliphatic carbocycles. The van der Waals surface area contributed by atoms with E-state index in [1.54, 1.807) is 23.3 Å². The van der Waals surface area contributed by atoms with Gasteiger partial charge in [0.2, 0.25) is 0 Å². The third kappa shape index (κ3) is 3.17. The van der Waals surface area contributed by atoms with Crippen LogP contribution in [-0.4, -0.2) is 45.9 Å². The minimum absolute atomic E-state index is 0.172. The summed E-state index contributed by atoms with van der Waals surface area (Å²) in [4.78, 5) is 13.0. The van der Waals surface area contributed by atoms with Gasteiger partial charge in [0.1, 0.15) is 18.0 Å². The van der Waals surface area contributed by atoms with Crippen LogP contribution in [0.15, 0.2) is 49.1 Å². The molecule has 1 fully saturated rings. The maximum absolute atomic E-state index is 14.0. The van der Waals surface area contributed by atoms with Gasteiger partial charge in [0.05, 0.1) is 11.9 Å². The summed E-state index contributed by atoms with van der Waals surface area (Å²) in [6, 6.07) is 8.85.